The van der Waals surface area contributed by atoms with Crippen molar-refractivity contribution >= 4 is 23.5 Å². The summed E-state index contributed by atoms with van der Waals surface area (Å²) in [5.41, 5.74) is 2.66. The third kappa shape index (κ3) is 6.27. The van der Waals surface area contributed by atoms with Crippen LogP contribution in [0.15, 0.2) is 36.7 Å². The van der Waals surface area contributed by atoms with Gasteiger partial charge < -0.3 is 19.7 Å². The molecule has 3 heterocycles. The standard InChI is InChI=1S/C27H34N8O3/c1-27(2,3)38-26(36)35-17-20(16-33(4)11-12-37-6)21-14-18(13-19(15-28)24(21)35)22-7-9-29-25(30-22)31-23-8-10-34(5)32-23/h7-10,13-14,20H,11-12,16-17H2,1-6H3,(H,29,30,31,32). The van der Waals surface area contributed by atoms with Crippen LogP contribution in [0.2, 0.25) is 0 Å². The number of carbonyl (C=O) groups is 1. The maximum atomic E-state index is 13.2. The van der Waals surface area contributed by atoms with Crippen LogP contribution in [-0.4, -0.2) is 76.7 Å². The van der Waals surface area contributed by atoms with Crippen LogP contribution in [0.5, 0.6) is 0 Å². The first kappa shape index (κ1) is 27.0. The lowest BCUT2D eigenvalue weighted by Crippen LogP contribution is -2.37. The summed E-state index contributed by atoms with van der Waals surface area (Å²) in [7, 11) is 5.52. The Hall–Kier alpha value is -4.01. The highest BCUT2D eigenvalue weighted by molar-refractivity contribution is 5.94. The van der Waals surface area contributed by atoms with Crippen molar-refractivity contribution in [2.75, 3.05) is 50.6 Å². The molecule has 1 aromatic carbocycles. The molecule has 2 aromatic heterocycles. The Kier molecular flexibility index (Phi) is 7.94. The first-order valence-electron chi connectivity index (χ1n) is 12.4. The van der Waals surface area contributed by atoms with Gasteiger partial charge in [0.15, 0.2) is 5.82 Å². The maximum absolute atomic E-state index is 13.2. The van der Waals surface area contributed by atoms with Crippen molar-refractivity contribution in [3.05, 3.63) is 47.8 Å². The molecule has 1 amide bonds. The van der Waals surface area contributed by atoms with E-state index in [1.165, 1.54) is 0 Å². The lowest BCUT2D eigenvalue weighted by Gasteiger charge is -2.26. The minimum Gasteiger partial charge on any atom is -0.443 e. The number of aromatic nitrogens is 4. The molecule has 0 aliphatic carbocycles. The number of nitrogens with zero attached hydrogens (tertiary/aromatic N) is 7. The summed E-state index contributed by atoms with van der Waals surface area (Å²) in [5.74, 6) is 0.995. The van der Waals surface area contributed by atoms with Crippen LogP contribution >= 0.6 is 0 Å². The Morgan fingerprint density at radius 1 is 1.32 bits per heavy atom. The normalized spacial score (nSPS) is 14.9. The molecule has 3 aromatic rings. The second-order valence-corrected chi connectivity index (χ2v) is 10.4. The van der Waals surface area contributed by atoms with Gasteiger partial charge in [0.1, 0.15) is 11.7 Å². The molecular weight excluding hydrogens is 484 g/mol. The van der Waals surface area contributed by atoms with Gasteiger partial charge in [0.25, 0.3) is 0 Å². The van der Waals surface area contributed by atoms with E-state index in [0.29, 0.717) is 48.4 Å². The lowest BCUT2D eigenvalue weighted by molar-refractivity contribution is 0.0581. The smallest absolute Gasteiger partial charge is 0.414 e. The van der Waals surface area contributed by atoms with Gasteiger partial charge in [-0.25, -0.2) is 14.8 Å². The molecule has 38 heavy (non-hydrogen) atoms. The van der Waals surface area contributed by atoms with Crippen LogP contribution in [0.25, 0.3) is 11.3 Å². The van der Waals surface area contributed by atoms with Gasteiger partial charge in [-0.05, 0) is 51.6 Å². The molecule has 0 spiro atoms. The van der Waals surface area contributed by atoms with Gasteiger partial charge in [0.2, 0.25) is 5.95 Å². The van der Waals surface area contributed by atoms with E-state index in [-0.39, 0.29) is 5.92 Å². The van der Waals surface area contributed by atoms with Crippen molar-refractivity contribution in [2.24, 2.45) is 7.05 Å². The largest absolute Gasteiger partial charge is 0.443 e. The predicted octanol–water partition coefficient (Wildman–Crippen LogP) is 3.91. The average molecular weight is 519 g/mol. The Bertz CT molecular complexity index is 1340. The molecular formula is C27H34N8O3. The van der Waals surface area contributed by atoms with Crippen LogP contribution in [0.4, 0.5) is 22.2 Å². The average Bonchev–Trinajstić information content (AvgIpc) is 3.44. The highest BCUT2D eigenvalue weighted by Gasteiger charge is 2.38. The fourth-order valence-corrected chi connectivity index (χ4v) is 4.44. The summed E-state index contributed by atoms with van der Waals surface area (Å²) < 4.78 is 12.6. The van der Waals surface area contributed by atoms with E-state index in [4.69, 9.17) is 9.47 Å². The number of carbonyl (C=O) groups excluding carboxylic acids is 1. The Morgan fingerprint density at radius 3 is 2.76 bits per heavy atom. The predicted molar refractivity (Wildman–Crippen MR) is 144 cm³/mol. The molecule has 11 nitrogen and oxygen atoms in total. The van der Waals surface area contributed by atoms with Gasteiger partial charge >= 0.3 is 6.09 Å². The van der Waals surface area contributed by atoms with Crippen molar-refractivity contribution in [2.45, 2.75) is 32.3 Å². The number of methoxy groups -OCH3 is 1. The number of hydrogen-bond donors (Lipinski definition) is 1. The number of nitrogens with one attached hydrogen (secondary N) is 1. The zero-order valence-corrected chi connectivity index (χ0v) is 22.7. The second kappa shape index (κ2) is 11.2. The highest BCUT2D eigenvalue weighted by atomic mass is 16.6. The lowest BCUT2D eigenvalue weighted by atomic mass is 9.95. The van der Waals surface area contributed by atoms with E-state index in [2.05, 4.69) is 31.4 Å². The second-order valence-electron chi connectivity index (χ2n) is 10.4. The third-order valence-corrected chi connectivity index (χ3v) is 6.10. The van der Waals surface area contributed by atoms with Crippen LogP contribution in [0.3, 0.4) is 0 Å². The number of ether oxygens (including phenoxy) is 2. The first-order valence-corrected chi connectivity index (χ1v) is 12.4. The number of rotatable bonds is 8. The number of aryl methyl sites for hydroxylation is 1. The van der Waals surface area contributed by atoms with E-state index < -0.39 is 11.7 Å². The summed E-state index contributed by atoms with van der Waals surface area (Å²) >= 11 is 0. The Labute approximate surface area is 223 Å². The molecule has 4 rings (SSSR count). The minimum atomic E-state index is -0.657. The van der Waals surface area contributed by atoms with Crippen molar-refractivity contribution < 1.29 is 14.3 Å². The van der Waals surface area contributed by atoms with Gasteiger partial charge in [0.05, 0.1) is 23.6 Å². The number of benzene rings is 1. The number of likely N-dealkylation sites (N-methyl/N-ethyl adjacent to an activating group) is 1. The van der Waals surface area contributed by atoms with Gasteiger partial charge in [-0.3, -0.25) is 9.58 Å². The van der Waals surface area contributed by atoms with Gasteiger partial charge in [-0.2, -0.15) is 10.4 Å². The molecule has 200 valence electrons. The first-order chi connectivity index (χ1) is 18.1. The number of hydrogen-bond acceptors (Lipinski definition) is 9. The Balaban J connectivity index is 1.72. The van der Waals surface area contributed by atoms with E-state index in [1.807, 2.05) is 53.2 Å². The topological polar surface area (TPSA) is 121 Å². The van der Waals surface area contributed by atoms with E-state index >= 15 is 0 Å². The fourth-order valence-electron chi connectivity index (χ4n) is 4.44. The van der Waals surface area contributed by atoms with E-state index in [9.17, 15) is 10.1 Å². The molecule has 1 atom stereocenters. The minimum absolute atomic E-state index is 0.0284. The van der Waals surface area contributed by atoms with E-state index in [0.717, 1.165) is 17.7 Å². The van der Waals surface area contributed by atoms with Gasteiger partial charge in [-0.15, -0.1) is 0 Å². The van der Waals surface area contributed by atoms with E-state index in [1.54, 1.807) is 35.0 Å². The summed E-state index contributed by atoms with van der Waals surface area (Å²) in [4.78, 5) is 25.9. The molecule has 11 heteroatoms. The molecule has 1 unspecified atom stereocenters. The summed E-state index contributed by atoms with van der Waals surface area (Å²) in [6, 6.07) is 9.70. The summed E-state index contributed by atoms with van der Waals surface area (Å²) in [5, 5.41) is 17.5. The number of anilines is 3. The monoisotopic (exact) mass is 518 g/mol. The van der Waals surface area contributed by atoms with Crippen LogP contribution < -0.4 is 10.2 Å². The fraction of sp³-hybridized carbons (Fsp3) is 0.444. The van der Waals surface area contributed by atoms with Crippen LogP contribution in [-0.2, 0) is 16.5 Å². The van der Waals surface area contributed by atoms with Crippen LogP contribution in [0, 0.1) is 11.3 Å². The van der Waals surface area contributed by atoms with Gasteiger partial charge in [0, 0.05) is 63.7 Å². The molecule has 0 bridgehead atoms. The molecule has 0 radical (unpaired) electrons. The SMILES string of the molecule is COCCN(C)CC1CN(C(=O)OC(C)(C)C)c2c(C#N)cc(-c3ccnc(Nc4ccn(C)n4)n3)cc21. The molecule has 1 N–H and O–H groups in total. The number of nitriles is 1. The highest BCUT2D eigenvalue weighted by Crippen LogP contribution is 2.42. The third-order valence-electron chi connectivity index (χ3n) is 6.10. The summed E-state index contributed by atoms with van der Waals surface area (Å²) in [6.45, 7) is 7.93. The molecule has 1 aliphatic rings. The van der Waals surface area contributed by atoms with Crippen molar-refractivity contribution in [3.63, 3.8) is 0 Å². The van der Waals surface area contributed by atoms with Crippen LogP contribution in [0.1, 0.15) is 37.8 Å². The Morgan fingerprint density at radius 2 is 2.11 bits per heavy atom. The van der Waals surface area contributed by atoms with Crippen molar-refractivity contribution in [1.82, 2.24) is 24.6 Å². The zero-order chi connectivity index (χ0) is 27.4. The molecule has 0 fully saturated rings. The van der Waals surface area contributed by atoms with Crippen molar-refractivity contribution in [1.29, 1.82) is 5.26 Å². The van der Waals surface area contributed by atoms with Gasteiger partial charge in [-0.1, -0.05) is 0 Å². The molecule has 1 aliphatic heterocycles. The summed E-state index contributed by atoms with van der Waals surface area (Å²) in [6.07, 6.45) is 3.02. The maximum Gasteiger partial charge on any atom is 0.414 e. The zero-order valence-electron chi connectivity index (χ0n) is 22.7. The number of fused-ring (bicyclic) bond motifs is 1. The molecule has 0 saturated heterocycles. The quantitative estimate of drug-likeness (QED) is 0.473. The molecule has 0 saturated carbocycles. The van der Waals surface area contributed by atoms with Crippen molar-refractivity contribution in [3.8, 4) is 17.3 Å². The number of amides is 1.